The largest absolute Gasteiger partial charge is 1.00 e. The molecule has 4 rings (SSSR count). The standard InChI is InChI=1S/C21H23N2O2S.HI/c1-23(2,3)14-13-22-26(24,25)19-12-10-17-8-7-15-5-4-6-16-9-11-18(19)21(17)20(15)16;/h4-12,22H,13-14H2,1-3H3;1H/q+1;/p-1. The Labute approximate surface area is 177 Å². The Morgan fingerprint density at radius 3 is 2.00 bits per heavy atom. The van der Waals surface area contributed by atoms with E-state index in [-0.39, 0.29) is 24.0 Å². The van der Waals surface area contributed by atoms with E-state index in [1.54, 1.807) is 6.07 Å². The topological polar surface area (TPSA) is 46.2 Å². The first kappa shape index (κ1) is 20.3. The molecule has 4 aromatic carbocycles. The molecule has 0 heterocycles. The minimum absolute atomic E-state index is 0. The molecule has 0 amide bonds. The van der Waals surface area contributed by atoms with Crippen molar-refractivity contribution >= 4 is 42.3 Å². The monoisotopic (exact) mass is 494 g/mol. The predicted octanol–water partition coefficient (Wildman–Crippen LogP) is 0.572. The van der Waals surface area contributed by atoms with Crippen molar-refractivity contribution in [2.75, 3.05) is 34.2 Å². The molecule has 27 heavy (non-hydrogen) atoms. The Balaban J connectivity index is 0.00000210. The normalized spacial score (nSPS) is 12.7. The molecular formula is C21H23IN2O2S. The number of benzene rings is 4. The number of nitrogens with one attached hydrogen (secondary N) is 1. The average Bonchev–Trinajstić information content (AvgIpc) is 2.58. The van der Waals surface area contributed by atoms with E-state index in [1.165, 1.54) is 0 Å². The highest BCUT2D eigenvalue weighted by atomic mass is 127. The second-order valence-corrected chi connectivity index (χ2v) is 9.57. The molecule has 0 spiro atoms. The Hall–Kier alpha value is -1.48. The highest BCUT2D eigenvalue weighted by molar-refractivity contribution is 7.89. The summed E-state index contributed by atoms with van der Waals surface area (Å²) in [7, 11) is 2.57. The van der Waals surface area contributed by atoms with Crippen molar-refractivity contribution in [2.24, 2.45) is 0 Å². The summed E-state index contributed by atoms with van der Waals surface area (Å²) in [6.45, 7) is 1.14. The zero-order chi connectivity index (χ0) is 18.5. The number of hydrogen-bond donors (Lipinski definition) is 1. The summed E-state index contributed by atoms with van der Waals surface area (Å²) in [5.41, 5.74) is 0. The van der Waals surface area contributed by atoms with Crippen molar-refractivity contribution in [1.29, 1.82) is 0 Å². The minimum Gasteiger partial charge on any atom is -1.00 e. The van der Waals surface area contributed by atoms with Crippen molar-refractivity contribution < 1.29 is 36.9 Å². The van der Waals surface area contributed by atoms with E-state index in [0.29, 0.717) is 15.9 Å². The van der Waals surface area contributed by atoms with Crippen LogP contribution in [0.1, 0.15) is 0 Å². The first-order valence-corrected chi connectivity index (χ1v) is 10.2. The van der Waals surface area contributed by atoms with Gasteiger partial charge in [0.1, 0.15) is 0 Å². The molecule has 0 saturated heterocycles. The number of rotatable bonds is 5. The van der Waals surface area contributed by atoms with Gasteiger partial charge in [-0.3, -0.25) is 0 Å². The number of halogens is 1. The van der Waals surface area contributed by atoms with E-state index < -0.39 is 10.0 Å². The summed E-state index contributed by atoms with van der Waals surface area (Å²) in [5.74, 6) is 0. The van der Waals surface area contributed by atoms with Gasteiger partial charge in [-0.2, -0.15) is 0 Å². The zero-order valence-electron chi connectivity index (χ0n) is 15.7. The van der Waals surface area contributed by atoms with Crippen molar-refractivity contribution in [2.45, 2.75) is 4.90 Å². The maximum absolute atomic E-state index is 12.9. The lowest BCUT2D eigenvalue weighted by atomic mass is 9.94. The van der Waals surface area contributed by atoms with Gasteiger partial charge in [-0.15, -0.1) is 0 Å². The summed E-state index contributed by atoms with van der Waals surface area (Å²) in [6.07, 6.45) is 0. The van der Waals surface area contributed by atoms with Crippen LogP contribution in [0.5, 0.6) is 0 Å². The third-order valence-corrected chi connectivity index (χ3v) is 6.37. The number of nitrogens with zero attached hydrogens (tertiary/aromatic N) is 1. The summed E-state index contributed by atoms with van der Waals surface area (Å²) < 4.78 is 29.4. The van der Waals surface area contributed by atoms with Crippen LogP contribution < -0.4 is 28.7 Å². The van der Waals surface area contributed by atoms with E-state index in [9.17, 15) is 8.42 Å². The van der Waals surface area contributed by atoms with Crippen LogP contribution in [-0.2, 0) is 10.0 Å². The Kier molecular flexibility index (Phi) is 5.37. The molecule has 0 fully saturated rings. The molecule has 0 atom stereocenters. The molecule has 0 aromatic heterocycles. The van der Waals surface area contributed by atoms with Gasteiger partial charge in [-0.25, -0.2) is 13.1 Å². The number of quaternary nitrogens is 1. The van der Waals surface area contributed by atoms with Crippen LogP contribution in [0.25, 0.3) is 32.3 Å². The summed E-state index contributed by atoms with van der Waals surface area (Å²) in [5, 5.41) is 6.27. The smallest absolute Gasteiger partial charge is 0.241 e. The fourth-order valence-electron chi connectivity index (χ4n) is 3.54. The number of hydrogen-bond acceptors (Lipinski definition) is 2. The SMILES string of the molecule is C[N+](C)(C)CCNS(=O)(=O)c1ccc2ccc3cccc4ccc1c2c34.[I-]. The molecule has 4 aromatic rings. The van der Waals surface area contributed by atoms with Crippen LogP contribution in [-0.4, -0.2) is 47.1 Å². The van der Waals surface area contributed by atoms with Gasteiger partial charge in [0, 0.05) is 5.39 Å². The van der Waals surface area contributed by atoms with Gasteiger partial charge in [0.25, 0.3) is 0 Å². The lowest BCUT2D eigenvalue weighted by molar-refractivity contribution is -0.869. The van der Waals surface area contributed by atoms with Crippen molar-refractivity contribution in [3.05, 3.63) is 54.6 Å². The van der Waals surface area contributed by atoms with Crippen LogP contribution in [0.4, 0.5) is 0 Å². The molecule has 0 radical (unpaired) electrons. The van der Waals surface area contributed by atoms with E-state index in [0.717, 1.165) is 38.9 Å². The second kappa shape index (κ2) is 7.16. The Morgan fingerprint density at radius 1 is 0.815 bits per heavy atom. The quantitative estimate of drug-likeness (QED) is 0.251. The second-order valence-electron chi connectivity index (χ2n) is 7.83. The zero-order valence-corrected chi connectivity index (χ0v) is 18.6. The van der Waals surface area contributed by atoms with Gasteiger partial charge in [-0.1, -0.05) is 48.5 Å². The van der Waals surface area contributed by atoms with E-state index >= 15 is 0 Å². The van der Waals surface area contributed by atoms with Crippen LogP contribution in [0.2, 0.25) is 0 Å². The van der Waals surface area contributed by atoms with E-state index in [4.69, 9.17) is 0 Å². The molecule has 0 aliphatic carbocycles. The van der Waals surface area contributed by atoms with E-state index in [1.807, 2.05) is 45.4 Å². The van der Waals surface area contributed by atoms with Gasteiger partial charge >= 0.3 is 0 Å². The minimum atomic E-state index is -3.57. The Bertz CT molecular complexity index is 1200. The highest BCUT2D eigenvalue weighted by Crippen LogP contribution is 2.37. The van der Waals surface area contributed by atoms with E-state index in [2.05, 4.69) is 29.0 Å². The Morgan fingerprint density at radius 2 is 1.37 bits per heavy atom. The van der Waals surface area contributed by atoms with Crippen LogP contribution >= 0.6 is 0 Å². The number of likely N-dealkylation sites (N-methyl/N-ethyl adjacent to an activating group) is 1. The number of sulfonamides is 1. The molecule has 0 unspecified atom stereocenters. The highest BCUT2D eigenvalue weighted by Gasteiger charge is 2.20. The van der Waals surface area contributed by atoms with Crippen molar-refractivity contribution in [3.8, 4) is 0 Å². The molecule has 0 aliphatic heterocycles. The van der Waals surface area contributed by atoms with Crippen LogP contribution in [0, 0.1) is 0 Å². The first-order valence-electron chi connectivity index (χ1n) is 8.73. The third-order valence-electron chi connectivity index (χ3n) is 4.85. The summed E-state index contributed by atoms with van der Waals surface area (Å²) >= 11 is 0. The van der Waals surface area contributed by atoms with Crippen molar-refractivity contribution in [3.63, 3.8) is 0 Å². The fraction of sp³-hybridized carbons (Fsp3) is 0.238. The maximum atomic E-state index is 12.9. The molecule has 1 N–H and O–H groups in total. The van der Waals surface area contributed by atoms with Gasteiger partial charge in [0.05, 0.1) is 39.1 Å². The maximum Gasteiger partial charge on any atom is 0.241 e. The predicted molar refractivity (Wildman–Crippen MR) is 108 cm³/mol. The summed E-state index contributed by atoms with van der Waals surface area (Å²) in [4.78, 5) is 0.352. The third kappa shape index (κ3) is 3.76. The molecular weight excluding hydrogens is 471 g/mol. The molecule has 6 heteroatoms. The van der Waals surface area contributed by atoms with Gasteiger partial charge in [-0.05, 0) is 33.0 Å². The molecule has 0 saturated carbocycles. The molecule has 0 aliphatic rings. The van der Waals surface area contributed by atoms with Crippen molar-refractivity contribution in [1.82, 2.24) is 4.72 Å². The van der Waals surface area contributed by atoms with Gasteiger partial charge in [0.2, 0.25) is 10.0 Å². The van der Waals surface area contributed by atoms with Gasteiger partial charge < -0.3 is 28.5 Å². The lowest BCUT2D eigenvalue weighted by Crippen LogP contribution is -3.00. The van der Waals surface area contributed by atoms with Crippen LogP contribution in [0.15, 0.2) is 59.5 Å². The van der Waals surface area contributed by atoms with Crippen LogP contribution in [0.3, 0.4) is 0 Å². The lowest BCUT2D eigenvalue weighted by Gasteiger charge is -2.24. The first-order chi connectivity index (χ1) is 12.3. The summed E-state index contributed by atoms with van der Waals surface area (Å²) in [6, 6.07) is 17.9. The van der Waals surface area contributed by atoms with Gasteiger partial charge in [0.15, 0.2) is 0 Å². The average molecular weight is 494 g/mol. The molecule has 0 bridgehead atoms. The molecule has 142 valence electrons. The fourth-order valence-corrected chi connectivity index (χ4v) is 4.76. The molecule has 4 nitrogen and oxygen atoms in total.